The van der Waals surface area contributed by atoms with Gasteiger partial charge in [-0.3, -0.25) is 9.59 Å². The first kappa shape index (κ1) is 20.9. The Hall–Kier alpha value is -2.81. The van der Waals surface area contributed by atoms with E-state index < -0.39 is 11.8 Å². The van der Waals surface area contributed by atoms with Crippen molar-refractivity contribution in [3.8, 4) is 0 Å². The van der Waals surface area contributed by atoms with Gasteiger partial charge in [0.05, 0.1) is 6.61 Å². The van der Waals surface area contributed by atoms with Crippen LogP contribution in [-0.2, 0) is 14.3 Å². The summed E-state index contributed by atoms with van der Waals surface area (Å²) in [5.74, 6) is -1.25. The predicted octanol–water partition coefficient (Wildman–Crippen LogP) is 0.678. The van der Waals surface area contributed by atoms with E-state index in [2.05, 4.69) is 22.2 Å². The monoisotopic (exact) mass is 403 g/mol. The standard InChI is InChI=1S/C20H29N5O4/c1-3-29-20(28)25-14-12-24(13-15-25)19(27)18(26)21-16-4-6-17(7-5-16)23-10-8-22(2)9-11-23/h4-7H,3,8-15H2,1-2H3,(H,21,26). The zero-order valence-corrected chi connectivity index (χ0v) is 17.1. The lowest BCUT2D eigenvalue weighted by Crippen LogP contribution is -2.53. The number of carbonyl (C=O) groups excluding carboxylic acids is 3. The van der Waals surface area contributed by atoms with Crippen LogP contribution in [-0.4, -0.2) is 98.6 Å². The summed E-state index contributed by atoms with van der Waals surface area (Å²) in [4.78, 5) is 44.1. The van der Waals surface area contributed by atoms with Crippen LogP contribution in [0.25, 0.3) is 0 Å². The van der Waals surface area contributed by atoms with Gasteiger partial charge in [0.25, 0.3) is 0 Å². The largest absolute Gasteiger partial charge is 0.450 e. The highest BCUT2D eigenvalue weighted by atomic mass is 16.6. The fourth-order valence-corrected chi connectivity index (χ4v) is 3.46. The van der Waals surface area contributed by atoms with E-state index in [-0.39, 0.29) is 6.09 Å². The van der Waals surface area contributed by atoms with Crippen LogP contribution in [0.3, 0.4) is 0 Å². The third kappa shape index (κ3) is 5.38. The Kier molecular flexibility index (Phi) is 6.92. The molecule has 3 amide bonds. The van der Waals surface area contributed by atoms with E-state index in [1.54, 1.807) is 11.8 Å². The molecule has 1 aromatic rings. The van der Waals surface area contributed by atoms with Crippen molar-refractivity contribution in [1.82, 2.24) is 14.7 Å². The van der Waals surface area contributed by atoms with Gasteiger partial charge < -0.3 is 29.7 Å². The molecule has 0 saturated carbocycles. The minimum absolute atomic E-state index is 0.313. The second kappa shape index (κ2) is 9.60. The number of carbonyl (C=O) groups is 3. The molecule has 2 heterocycles. The molecule has 1 N–H and O–H groups in total. The van der Waals surface area contributed by atoms with Gasteiger partial charge in [0, 0.05) is 63.7 Å². The van der Waals surface area contributed by atoms with Crippen LogP contribution in [0, 0.1) is 0 Å². The van der Waals surface area contributed by atoms with Crippen LogP contribution in [0.1, 0.15) is 6.92 Å². The third-order valence-corrected chi connectivity index (χ3v) is 5.28. The molecule has 9 heteroatoms. The normalized spacial score (nSPS) is 17.8. The summed E-state index contributed by atoms with van der Waals surface area (Å²) >= 11 is 0. The van der Waals surface area contributed by atoms with E-state index in [0.717, 1.165) is 31.9 Å². The molecule has 2 aliphatic heterocycles. The number of piperazine rings is 2. The molecule has 0 aromatic heterocycles. The summed E-state index contributed by atoms with van der Waals surface area (Å²) in [6.45, 7) is 7.40. The summed E-state index contributed by atoms with van der Waals surface area (Å²) in [6, 6.07) is 7.56. The molecule has 2 fully saturated rings. The van der Waals surface area contributed by atoms with Crippen molar-refractivity contribution < 1.29 is 19.1 Å². The first-order chi connectivity index (χ1) is 14.0. The summed E-state index contributed by atoms with van der Waals surface area (Å²) in [6.07, 6.45) is -0.385. The summed E-state index contributed by atoms with van der Waals surface area (Å²) < 4.78 is 4.96. The number of hydrogen-bond donors (Lipinski definition) is 1. The average molecular weight is 403 g/mol. The Morgan fingerprint density at radius 1 is 0.897 bits per heavy atom. The fraction of sp³-hybridized carbons (Fsp3) is 0.550. The summed E-state index contributed by atoms with van der Waals surface area (Å²) in [7, 11) is 2.11. The molecular weight excluding hydrogens is 374 g/mol. The molecule has 9 nitrogen and oxygen atoms in total. The van der Waals surface area contributed by atoms with Crippen LogP contribution < -0.4 is 10.2 Å². The molecule has 0 bridgehead atoms. The molecule has 158 valence electrons. The molecule has 29 heavy (non-hydrogen) atoms. The topological polar surface area (TPSA) is 85.4 Å². The van der Waals surface area contributed by atoms with E-state index in [9.17, 15) is 14.4 Å². The lowest BCUT2D eigenvalue weighted by Gasteiger charge is -2.34. The third-order valence-electron chi connectivity index (χ3n) is 5.28. The van der Waals surface area contributed by atoms with Crippen molar-refractivity contribution in [3.05, 3.63) is 24.3 Å². The van der Waals surface area contributed by atoms with E-state index in [1.165, 1.54) is 4.90 Å². The van der Waals surface area contributed by atoms with Gasteiger partial charge in [-0.25, -0.2) is 4.79 Å². The summed E-state index contributed by atoms with van der Waals surface area (Å²) in [5, 5.41) is 2.67. The smallest absolute Gasteiger partial charge is 0.409 e. The lowest BCUT2D eigenvalue weighted by molar-refractivity contribution is -0.144. The minimum Gasteiger partial charge on any atom is -0.450 e. The van der Waals surface area contributed by atoms with Crippen molar-refractivity contribution in [2.45, 2.75) is 6.92 Å². The molecule has 2 aliphatic rings. The van der Waals surface area contributed by atoms with Gasteiger partial charge in [-0.2, -0.15) is 0 Å². The van der Waals surface area contributed by atoms with Gasteiger partial charge in [-0.05, 0) is 38.2 Å². The zero-order chi connectivity index (χ0) is 20.8. The highest BCUT2D eigenvalue weighted by Crippen LogP contribution is 2.19. The number of nitrogens with one attached hydrogen (secondary N) is 1. The van der Waals surface area contributed by atoms with Gasteiger partial charge in [0.2, 0.25) is 0 Å². The Bertz CT molecular complexity index is 723. The van der Waals surface area contributed by atoms with Gasteiger partial charge in [0.15, 0.2) is 0 Å². The SMILES string of the molecule is CCOC(=O)N1CCN(C(=O)C(=O)Nc2ccc(N3CCN(C)CC3)cc2)CC1. The number of benzene rings is 1. The first-order valence-electron chi connectivity index (χ1n) is 10.0. The van der Waals surface area contributed by atoms with E-state index in [0.29, 0.717) is 38.5 Å². The van der Waals surface area contributed by atoms with E-state index >= 15 is 0 Å². The Balaban J connectivity index is 1.48. The fourth-order valence-electron chi connectivity index (χ4n) is 3.46. The molecule has 0 aliphatic carbocycles. The van der Waals surface area contributed by atoms with Gasteiger partial charge in [0.1, 0.15) is 0 Å². The van der Waals surface area contributed by atoms with Crippen LogP contribution in [0.2, 0.25) is 0 Å². The minimum atomic E-state index is -0.665. The van der Waals surface area contributed by atoms with Crippen molar-refractivity contribution in [3.63, 3.8) is 0 Å². The number of nitrogens with zero attached hydrogens (tertiary/aromatic N) is 4. The molecule has 3 rings (SSSR count). The van der Waals surface area contributed by atoms with Crippen LogP contribution in [0.15, 0.2) is 24.3 Å². The number of anilines is 2. The van der Waals surface area contributed by atoms with E-state index in [1.807, 2.05) is 24.3 Å². The molecule has 0 atom stereocenters. The number of amides is 3. The van der Waals surface area contributed by atoms with E-state index in [4.69, 9.17) is 4.74 Å². The van der Waals surface area contributed by atoms with Gasteiger partial charge in [-0.15, -0.1) is 0 Å². The van der Waals surface area contributed by atoms with Crippen LogP contribution in [0.5, 0.6) is 0 Å². The number of ether oxygens (including phenoxy) is 1. The average Bonchev–Trinajstić information content (AvgIpc) is 2.74. The quantitative estimate of drug-likeness (QED) is 0.747. The lowest BCUT2D eigenvalue weighted by atomic mass is 10.2. The highest BCUT2D eigenvalue weighted by molar-refractivity contribution is 6.39. The van der Waals surface area contributed by atoms with Crippen molar-refractivity contribution in [2.24, 2.45) is 0 Å². The summed E-state index contributed by atoms with van der Waals surface area (Å²) in [5.41, 5.74) is 1.70. The number of hydrogen-bond acceptors (Lipinski definition) is 6. The molecule has 1 aromatic carbocycles. The Morgan fingerprint density at radius 2 is 1.48 bits per heavy atom. The highest BCUT2D eigenvalue weighted by Gasteiger charge is 2.28. The van der Waals surface area contributed by atoms with Crippen molar-refractivity contribution in [1.29, 1.82) is 0 Å². The Morgan fingerprint density at radius 3 is 2.07 bits per heavy atom. The maximum Gasteiger partial charge on any atom is 0.409 e. The predicted molar refractivity (Wildman–Crippen MR) is 110 cm³/mol. The molecular formula is C20H29N5O4. The number of likely N-dealkylation sites (N-methyl/N-ethyl adjacent to an activating group) is 1. The van der Waals surface area contributed by atoms with Gasteiger partial charge >= 0.3 is 17.9 Å². The number of rotatable bonds is 3. The van der Waals surface area contributed by atoms with Crippen molar-refractivity contribution >= 4 is 29.3 Å². The molecule has 0 spiro atoms. The van der Waals surface area contributed by atoms with Crippen molar-refractivity contribution in [2.75, 3.05) is 76.2 Å². The maximum atomic E-state index is 12.4. The second-order valence-electron chi connectivity index (χ2n) is 7.27. The van der Waals surface area contributed by atoms with Gasteiger partial charge in [-0.1, -0.05) is 0 Å². The molecule has 0 radical (unpaired) electrons. The Labute approximate surface area is 171 Å². The first-order valence-corrected chi connectivity index (χ1v) is 10.0. The van der Waals surface area contributed by atoms with Crippen LogP contribution >= 0.6 is 0 Å². The van der Waals surface area contributed by atoms with Crippen LogP contribution in [0.4, 0.5) is 16.2 Å². The maximum absolute atomic E-state index is 12.4. The zero-order valence-electron chi connectivity index (χ0n) is 17.1. The molecule has 0 unspecified atom stereocenters. The molecule has 2 saturated heterocycles. The second-order valence-corrected chi connectivity index (χ2v) is 7.27.